The highest BCUT2D eigenvalue weighted by Gasteiger charge is 2.67. The lowest BCUT2D eigenvalue weighted by Gasteiger charge is -2.37. The van der Waals surface area contributed by atoms with Gasteiger partial charge in [-0.25, -0.2) is 0 Å². The number of amides is 3. The molecule has 2 bridgehead atoms. The van der Waals surface area contributed by atoms with E-state index < -0.39 is 11.9 Å². The molecule has 182 valence electrons. The molecule has 0 unspecified atom stereocenters. The molecule has 6 aliphatic rings. The summed E-state index contributed by atoms with van der Waals surface area (Å²) in [5, 5.41) is 0. The minimum absolute atomic E-state index is 0.0882. The van der Waals surface area contributed by atoms with Crippen LogP contribution in [0.25, 0.3) is 0 Å². The van der Waals surface area contributed by atoms with Gasteiger partial charge in [-0.2, -0.15) is 0 Å². The van der Waals surface area contributed by atoms with Crippen molar-refractivity contribution in [1.82, 2.24) is 0 Å². The molecule has 4 aliphatic carbocycles. The number of allylic oxidation sites excluding steroid dienone is 2. The Morgan fingerprint density at radius 3 is 2.03 bits per heavy atom. The van der Waals surface area contributed by atoms with E-state index in [0.29, 0.717) is 23.3 Å². The Bertz CT molecular complexity index is 1300. The summed E-state index contributed by atoms with van der Waals surface area (Å²) in [4.78, 5) is 54.8. The van der Waals surface area contributed by atoms with Gasteiger partial charge in [0.2, 0.25) is 17.7 Å². The van der Waals surface area contributed by atoms with E-state index in [0.717, 1.165) is 16.6 Å². The number of imide groups is 1. The van der Waals surface area contributed by atoms with Crippen molar-refractivity contribution in [2.24, 2.45) is 41.4 Å². The van der Waals surface area contributed by atoms with Crippen LogP contribution in [0.1, 0.15) is 12.8 Å². The molecule has 8 heteroatoms. The van der Waals surface area contributed by atoms with E-state index in [2.05, 4.69) is 28.1 Å². The van der Waals surface area contributed by atoms with E-state index in [9.17, 15) is 19.2 Å². The lowest BCUT2D eigenvalue weighted by atomic mass is 9.63. The maximum atomic E-state index is 13.3. The molecule has 2 heterocycles. The van der Waals surface area contributed by atoms with Crippen molar-refractivity contribution in [2.45, 2.75) is 12.8 Å². The number of benzene rings is 2. The van der Waals surface area contributed by atoms with Crippen LogP contribution in [-0.2, 0) is 19.2 Å². The number of anilines is 2. The molecular formula is C28H23BrN2O5. The Morgan fingerprint density at radius 2 is 1.42 bits per heavy atom. The third-order valence-corrected chi connectivity index (χ3v) is 9.10. The predicted molar refractivity (Wildman–Crippen MR) is 134 cm³/mol. The molecule has 8 rings (SSSR count). The van der Waals surface area contributed by atoms with Gasteiger partial charge in [0, 0.05) is 23.1 Å². The lowest BCUT2D eigenvalue weighted by molar-refractivity contribution is -0.139. The first-order chi connectivity index (χ1) is 17.4. The molecule has 7 nitrogen and oxygen atoms in total. The predicted octanol–water partition coefficient (Wildman–Crippen LogP) is 3.97. The molecule has 2 aromatic rings. The van der Waals surface area contributed by atoms with E-state index in [1.54, 1.807) is 29.2 Å². The van der Waals surface area contributed by atoms with Crippen LogP contribution in [0.15, 0.2) is 65.2 Å². The fourth-order valence-corrected chi connectivity index (χ4v) is 7.07. The number of carbonyl (C=O) groups is 4. The zero-order valence-corrected chi connectivity index (χ0v) is 20.8. The molecule has 0 radical (unpaired) electrons. The number of carbonyl (C=O) groups excluding carboxylic acids is 4. The summed E-state index contributed by atoms with van der Waals surface area (Å²) < 4.78 is 6.47. The highest BCUT2D eigenvalue weighted by Crippen LogP contribution is 2.65. The second-order valence-corrected chi connectivity index (χ2v) is 11.4. The third kappa shape index (κ3) is 3.23. The van der Waals surface area contributed by atoms with E-state index in [1.807, 2.05) is 24.3 Å². The number of hydrogen-bond acceptors (Lipinski definition) is 5. The average molecular weight is 547 g/mol. The van der Waals surface area contributed by atoms with Crippen LogP contribution in [-0.4, -0.2) is 30.2 Å². The molecule has 0 aromatic heterocycles. The normalized spacial score (nSPS) is 33.7. The first-order valence-corrected chi connectivity index (χ1v) is 13.1. The van der Waals surface area contributed by atoms with Crippen LogP contribution in [0, 0.1) is 41.4 Å². The molecule has 2 saturated heterocycles. The van der Waals surface area contributed by atoms with Crippen molar-refractivity contribution < 1.29 is 23.9 Å². The SMILES string of the molecule is O=C(Oc1ccc(N2C(=O)[C@@H]3[C@H]4C=C[C@@H]([C@@H]5C[C@H]45)[C@H]3C2=O)cc1)[C@H]1CC(=O)N(c2ccc(Br)cc2)C1. The van der Waals surface area contributed by atoms with Crippen LogP contribution >= 0.6 is 15.9 Å². The maximum absolute atomic E-state index is 13.3. The molecule has 36 heavy (non-hydrogen) atoms. The van der Waals surface area contributed by atoms with E-state index in [1.165, 1.54) is 4.90 Å². The highest BCUT2D eigenvalue weighted by molar-refractivity contribution is 9.10. The van der Waals surface area contributed by atoms with Gasteiger partial charge < -0.3 is 9.64 Å². The van der Waals surface area contributed by atoms with Gasteiger partial charge in [0.05, 0.1) is 23.4 Å². The number of halogens is 1. The number of rotatable bonds is 4. The number of hydrogen-bond donors (Lipinski definition) is 0. The van der Waals surface area contributed by atoms with E-state index in [4.69, 9.17) is 4.74 Å². The molecular weight excluding hydrogens is 524 g/mol. The van der Waals surface area contributed by atoms with Gasteiger partial charge in [0.15, 0.2) is 0 Å². The van der Waals surface area contributed by atoms with Crippen molar-refractivity contribution in [1.29, 1.82) is 0 Å². The van der Waals surface area contributed by atoms with Crippen molar-refractivity contribution in [3.8, 4) is 5.75 Å². The standard InChI is InChI=1S/C28H23BrN2O5/c29-15-1-3-16(4-2-15)30-13-14(11-23(30)32)28(35)36-18-7-5-17(6-8-18)31-26(33)24-19-9-10-20(22-12-21(19)22)25(24)27(31)34/h1-10,14,19-22,24-25H,11-13H2/t14-,19-,20-,21-,22+,24+,25+/m0/s1. The topological polar surface area (TPSA) is 84.0 Å². The minimum Gasteiger partial charge on any atom is -0.426 e. The zero-order chi connectivity index (χ0) is 24.7. The fraction of sp³-hybridized carbons (Fsp3) is 0.357. The van der Waals surface area contributed by atoms with E-state index >= 15 is 0 Å². The second-order valence-electron chi connectivity index (χ2n) is 10.5. The summed E-state index contributed by atoms with van der Waals surface area (Å²) in [6, 6.07) is 13.9. The maximum Gasteiger partial charge on any atom is 0.316 e. The Labute approximate surface area is 216 Å². The Kier molecular flexibility index (Phi) is 4.80. The molecule has 3 amide bonds. The lowest BCUT2D eigenvalue weighted by Crippen LogP contribution is -2.40. The number of esters is 1. The summed E-state index contributed by atoms with van der Waals surface area (Å²) in [5.41, 5.74) is 1.24. The van der Waals surface area contributed by atoms with Crippen molar-refractivity contribution in [2.75, 3.05) is 16.3 Å². The first kappa shape index (κ1) is 22.0. The van der Waals surface area contributed by atoms with Crippen LogP contribution in [0.2, 0.25) is 0 Å². The third-order valence-electron chi connectivity index (χ3n) is 8.57. The van der Waals surface area contributed by atoms with Crippen LogP contribution < -0.4 is 14.5 Å². The minimum atomic E-state index is -0.569. The van der Waals surface area contributed by atoms with Crippen LogP contribution in [0.5, 0.6) is 5.75 Å². The smallest absolute Gasteiger partial charge is 0.316 e. The molecule has 0 spiro atoms. The number of ether oxygens (including phenoxy) is 1. The molecule has 0 N–H and O–H groups in total. The Balaban J connectivity index is 1.03. The second kappa shape index (κ2) is 7.87. The molecule has 7 atom stereocenters. The van der Waals surface area contributed by atoms with Gasteiger partial charge in [-0.3, -0.25) is 24.1 Å². The Hall–Kier alpha value is -3.26. The Morgan fingerprint density at radius 1 is 0.833 bits per heavy atom. The van der Waals surface area contributed by atoms with Crippen molar-refractivity contribution in [3.05, 3.63) is 65.2 Å². The van der Waals surface area contributed by atoms with Crippen molar-refractivity contribution in [3.63, 3.8) is 0 Å². The molecule has 2 saturated carbocycles. The summed E-state index contributed by atoms with van der Waals surface area (Å²) in [6.07, 6.45) is 5.53. The molecule has 4 fully saturated rings. The van der Waals surface area contributed by atoms with Gasteiger partial charge in [0.25, 0.3) is 0 Å². The quantitative estimate of drug-likeness (QED) is 0.251. The monoisotopic (exact) mass is 546 g/mol. The van der Waals surface area contributed by atoms with Crippen LogP contribution in [0.3, 0.4) is 0 Å². The van der Waals surface area contributed by atoms with Gasteiger partial charge in [-0.05, 0) is 78.6 Å². The largest absolute Gasteiger partial charge is 0.426 e. The van der Waals surface area contributed by atoms with Crippen LogP contribution in [0.4, 0.5) is 11.4 Å². The summed E-state index contributed by atoms with van der Waals surface area (Å²) in [6.45, 7) is 0.259. The summed E-state index contributed by atoms with van der Waals surface area (Å²) in [5.74, 6) is -0.101. The number of nitrogens with zero attached hydrogens (tertiary/aromatic N) is 2. The van der Waals surface area contributed by atoms with Crippen molar-refractivity contribution >= 4 is 51.0 Å². The van der Waals surface area contributed by atoms with Gasteiger partial charge in [-0.15, -0.1) is 0 Å². The van der Waals surface area contributed by atoms with Gasteiger partial charge in [0.1, 0.15) is 5.75 Å². The summed E-state index contributed by atoms with van der Waals surface area (Å²) >= 11 is 3.38. The van der Waals surface area contributed by atoms with Gasteiger partial charge in [-0.1, -0.05) is 28.1 Å². The average Bonchev–Trinajstić information content (AvgIpc) is 3.56. The van der Waals surface area contributed by atoms with E-state index in [-0.39, 0.29) is 54.4 Å². The fourth-order valence-electron chi connectivity index (χ4n) is 6.81. The first-order valence-electron chi connectivity index (χ1n) is 12.3. The zero-order valence-electron chi connectivity index (χ0n) is 19.2. The highest BCUT2D eigenvalue weighted by atomic mass is 79.9. The van der Waals surface area contributed by atoms with Gasteiger partial charge >= 0.3 is 5.97 Å². The molecule has 2 aliphatic heterocycles. The summed E-state index contributed by atoms with van der Waals surface area (Å²) in [7, 11) is 0. The molecule has 2 aromatic carbocycles.